The fraction of sp³-hybridized carbons (Fsp3) is 0.316. The van der Waals surface area contributed by atoms with Crippen molar-refractivity contribution in [3.63, 3.8) is 0 Å². The fourth-order valence-electron chi connectivity index (χ4n) is 3.40. The van der Waals surface area contributed by atoms with Gasteiger partial charge in [0.2, 0.25) is 0 Å². The summed E-state index contributed by atoms with van der Waals surface area (Å²) >= 11 is 0. The monoisotopic (exact) mass is 307 g/mol. The molecule has 1 aliphatic heterocycles. The van der Waals surface area contributed by atoms with E-state index in [-0.39, 0.29) is 0 Å². The van der Waals surface area contributed by atoms with Crippen molar-refractivity contribution in [2.45, 2.75) is 26.2 Å². The Morgan fingerprint density at radius 2 is 2.26 bits per heavy atom. The molecular weight excluding hydrogens is 286 g/mol. The third-order valence-electron chi connectivity index (χ3n) is 4.70. The molecule has 2 N–H and O–H groups in total. The van der Waals surface area contributed by atoms with Crippen molar-refractivity contribution in [2.75, 3.05) is 7.11 Å². The molecule has 4 heteroatoms. The number of fused-ring (bicyclic) bond motifs is 1. The highest BCUT2D eigenvalue weighted by Crippen LogP contribution is 2.31. The minimum atomic E-state index is 0.745. The third kappa shape index (κ3) is 2.54. The Balaban J connectivity index is 1.71. The summed E-state index contributed by atoms with van der Waals surface area (Å²) in [4.78, 5) is 11.4. The minimum absolute atomic E-state index is 0.745. The van der Waals surface area contributed by atoms with Gasteiger partial charge in [0, 0.05) is 24.2 Å². The van der Waals surface area contributed by atoms with E-state index in [0.29, 0.717) is 0 Å². The Kier molecular flexibility index (Phi) is 3.45. The number of aromatic nitrogens is 2. The molecule has 2 aliphatic rings. The van der Waals surface area contributed by atoms with Crippen LogP contribution in [0.1, 0.15) is 35.9 Å². The average molecular weight is 307 g/mol. The van der Waals surface area contributed by atoms with Crippen LogP contribution in [-0.4, -0.2) is 22.8 Å². The number of aliphatic imine (C=N–C) groups is 1. The fourth-order valence-corrected chi connectivity index (χ4v) is 3.40. The molecule has 0 saturated heterocycles. The van der Waals surface area contributed by atoms with E-state index in [1.54, 1.807) is 7.11 Å². The molecule has 0 amide bonds. The number of hydrogen-bond acceptors (Lipinski definition) is 2. The zero-order valence-corrected chi connectivity index (χ0v) is 13.5. The van der Waals surface area contributed by atoms with E-state index in [2.05, 4.69) is 29.2 Å². The van der Waals surface area contributed by atoms with Crippen LogP contribution in [0.15, 0.2) is 47.1 Å². The molecule has 23 heavy (non-hydrogen) atoms. The number of aryl methyl sites for hydroxylation is 1. The molecule has 4 nitrogen and oxygen atoms in total. The molecule has 0 fully saturated rings. The first-order valence-corrected chi connectivity index (χ1v) is 8.14. The van der Waals surface area contributed by atoms with Gasteiger partial charge in [0.15, 0.2) is 0 Å². The maximum absolute atomic E-state index is 5.52. The van der Waals surface area contributed by atoms with Gasteiger partial charge < -0.3 is 14.7 Å². The van der Waals surface area contributed by atoms with E-state index in [0.717, 1.165) is 41.6 Å². The molecule has 0 radical (unpaired) electrons. The SMILES string of the molecule is COC1=CC(c2ccc[nH]2)=N/C1=C/c1c[nH]c2c1CC(C)CC2. The van der Waals surface area contributed by atoms with Crippen LogP contribution in [-0.2, 0) is 17.6 Å². The van der Waals surface area contributed by atoms with E-state index < -0.39 is 0 Å². The lowest BCUT2D eigenvalue weighted by molar-refractivity contribution is 0.303. The van der Waals surface area contributed by atoms with Gasteiger partial charge in [-0.2, -0.15) is 0 Å². The molecule has 1 unspecified atom stereocenters. The van der Waals surface area contributed by atoms with Gasteiger partial charge in [-0.15, -0.1) is 0 Å². The molecule has 1 atom stereocenters. The molecular formula is C19H21N3O. The van der Waals surface area contributed by atoms with Crippen molar-refractivity contribution in [1.29, 1.82) is 0 Å². The molecule has 1 aliphatic carbocycles. The van der Waals surface area contributed by atoms with Gasteiger partial charge in [-0.3, -0.25) is 0 Å². The summed E-state index contributed by atoms with van der Waals surface area (Å²) in [5.41, 5.74) is 6.86. The van der Waals surface area contributed by atoms with Crippen molar-refractivity contribution in [3.8, 4) is 0 Å². The van der Waals surface area contributed by atoms with Crippen molar-refractivity contribution in [2.24, 2.45) is 10.9 Å². The first-order chi connectivity index (χ1) is 11.2. The van der Waals surface area contributed by atoms with Crippen LogP contribution in [0.3, 0.4) is 0 Å². The standard InChI is InChI=1S/C19H21N3O/c1-12-5-6-15-14(8-12)13(11-21-15)9-18-19(23-2)10-17(22-18)16-4-3-7-20-16/h3-4,7,9-12,20-21H,5-6,8H2,1-2H3/b18-9+. The lowest BCUT2D eigenvalue weighted by Crippen LogP contribution is -2.10. The predicted octanol–water partition coefficient (Wildman–Crippen LogP) is 3.84. The van der Waals surface area contributed by atoms with Crippen molar-refractivity contribution in [1.82, 2.24) is 9.97 Å². The van der Waals surface area contributed by atoms with Gasteiger partial charge in [-0.25, -0.2) is 4.99 Å². The third-order valence-corrected chi connectivity index (χ3v) is 4.70. The van der Waals surface area contributed by atoms with E-state index in [4.69, 9.17) is 9.73 Å². The topological polar surface area (TPSA) is 53.2 Å². The first-order valence-electron chi connectivity index (χ1n) is 8.14. The summed E-state index contributed by atoms with van der Waals surface area (Å²) in [7, 11) is 1.70. The summed E-state index contributed by atoms with van der Waals surface area (Å²) in [5, 5.41) is 0. The summed E-state index contributed by atoms with van der Waals surface area (Å²) in [6.45, 7) is 2.32. The highest BCUT2D eigenvalue weighted by Gasteiger charge is 2.21. The number of aromatic amines is 2. The summed E-state index contributed by atoms with van der Waals surface area (Å²) < 4.78 is 5.52. The summed E-state index contributed by atoms with van der Waals surface area (Å²) in [6, 6.07) is 4.00. The number of rotatable bonds is 3. The number of nitrogens with zero attached hydrogens (tertiary/aromatic N) is 1. The second-order valence-electron chi connectivity index (χ2n) is 6.37. The quantitative estimate of drug-likeness (QED) is 0.889. The lowest BCUT2D eigenvalue weighted by Gasteiger charge is -2.18. The molecule has 3 heterocycles. The van der Waals surface area contributed by atoms with Crippen LogP contribution >= 0.6 is 0 Å². The summed E-state index contributed by atoms with van der Waals surface area (Å²) in [6.07, 6.45) is 11.7. The Morgan fingerprint density at radius 3 is 3.04 bits per heavy atom. The molecule has 0 aromatic carbocycles. The normalized spacial score (nSPS) is 22.0. The van der Waals surface area contributed by atoms with Gasteiger partial charge in [-0.1, -0.05) is 6.92 Å². The molecule has 0 saturated carbocycles. The molecule has 4 rings (SSSR count). The molecule has 0 spiro atoms. The zero-order chi connectivity index (χ0) is 15.8. The van der Waals surface area contributed by atoms with Crippen molar-refractivity contribution in [3.05, 3.63) is 64.6 Å². The smallest absolute Gasteiger partial charge is 0.146 e. The van der Waals surface area contributed by atoms with Gasteiger partial charge in [0.05, 0.1) is 18.5 Å². The van der Waals surface area contributed by atoms with Gasteiger partial charge in [-0.05, 0) is 54.5 Å². The van der Waals surface area contributed by atoms with E-state index in [1.165, 1.54) is 23.2 Å². The lowest BCUT2D eigenvalue weighted by atomic mass is 9.87. The maximum atomic E-state index is 5.52. The average Bonchev–Trinajstić information content (AvgIpc) is 3.27. The summed E-state index contributed by atoms with van der Waals surface area (Å²) in [5.74, 6) is 1.56. The number of nitrogens with one attached hydrogen (secondary N) is 2. The second-order valence-corrected chi connectivity index (χ2v) is 6.37. The predicted molar refractivity (Wildman–Crippen MR) is 92.4 cm³/mol. The molecule has 2 aromatic heterocycles. The highest BCUT2D eigenvalue weighted by atomic mass is 16.5. The Labute approximate surface area is 136 Å². The Morgan fingerprint density at radius 1 is 1.35 bits per heavy atom. The molecule has 0 bridgehead atoms. The first kappa shape index (κ1) is 14.1. The Hall–Kier alpha value is -2.49. The zero-order valence-electron chi connectivity index (χ0n) is 13.5. The van der Waals surface area contributed by atoms with E-state index >= 15 is 0 Å². The van der Waals surface area contributed by atoms with E-state index in [1.807, 2.05) is 24.4 Å². The van der Waals surface area contributed by atoms with E-state index in [9.17, 15) is 0 Å². The van der Waals surface area contributed by atoms with Crippen LogP contribution in [0.25, 0.3) is 6.08 Å². The number of ether oxygens (including phenoxy) is 1. The number of H-pyrrole nitrogens is 2. The number of methoxy groups -OCH3 is 1. The molecule has 2 aromatic rings. The molecule has 118 valence electrons. The van der Waals surface area contributed by atoms with Crippen LogP contribution in [0.4, 0.5) is 0 Å². The van der Waals surface area contributed by atoms with Crippen LogP contribution in [0.2, 0.25) is 0 Å². The van der Waals surface area contributed by atoms with Crippen LogP contribution < -0.4 is 0 Å². The second kappa shape index (κ2) is 5.61. The van der Waals surface area contributed by atoms with Gasteiger partial charge >= 0.3 is 0 Å². The maximum Gasteiger partial charge on any atom is 0.146 e. The largest absolute Gasteiger partial charge is 0.494 e. The van der Waals surface area contributed by atoms with Gasteiger partial charge in [0.1, 0.15) is 11.5 Å². The van der Waals surface area contributed by atoms with Crippen LogP contribution in [0, 0.1) is 5.92 Å². The van der Waals surface area contributed by atoms with Crippen molar-refractivity contribution >= 4 is 11.8 Å². The van der Waals surface area contributed by atoms with Crippen LogP contribution in [0.5, 0.6) is 0 Å². The number of allylic oxidation sites excluding steroid dienone is 1. The Bertz CT molecular complexity index is 806. The van der Waals surface area contributed by atoms with Gasteiger partial charge in [0.25, 0.3) is 0 Å². The number of hydrogen-bond donors (Lipinski definition) is 2. The minimum Gasteiger partial charge on any atom is -0.494 e. The highest BCUT2D eigenvalue weighted by molar-refractivity contribution is 6.11. The van der Waals surface area contributed by atoms with Crippen molar-refractivity contribution < 1.29 is 4.74 Å².